The maximum Gasteiger partial charge on any atom is 0.269 e. The van der Waals surface area contributed by atoms with Crippen molar-refractivity contribution in [3.8, 4) is 0 Å². The molecule has 1 aliphatic heterocycles. The summed E-state index contributed by atoms with van der Waals surface area (Å²) in [6.45, 7) is 2.27. The van der Waals surface area contributed by atoms with E-state index in [0.717, 1.165) is 11.3 Å². The SMILES string of the molecule is Cc1ccc(N2C[C@@H](C(=O)NNC(=O)c3ccccc3)CC2=O)cc1. The summed E-state index contributed by atoms with van der Waals surface area (Å²) in [5, 5.41) is 0. The van der Waals surface area contributed by atoms with Crippen LogP contribution < -0.4 is 15.8 Å². The second kappa shape index (κ2) is 7.17. The van der Waals surface area contributed by atoms with Gasteiger partial charge in [0, 0.05) is 24.2 Å². The highest BCUT2D eigenvalue weighted by atomic mass is 16.2. The molecule has 2 aromatic carbocycles. The Morgan fingerprint density at radius 3 is 2.36 bits per heavy atom. The first-order valence-corrected chi connectivity index (χ1v) is 8.07. The molecule has 0 saturated carbocycles. The number of aryl methyl sites for hydroxylation is 1. The van der Waals surface area contributed by atoms with Gasteiger partial charge in [-0.2, -0.15) is 0 Å². The maximum atomic E-state index is 12.3. The number of hydrazine groups is 1. The molecule has 0 unspecified atom stereocenters. The summed E-state index contributed by atoms with van der Waals surface area (Å²) in [7, 11) is 0. The number of anilines is 1. The van der Waals surface area contributed by atoms with Gasteiger partial charge in [0.25, 0.3) is 5.91 Å². The maximum absolute atomic E-state index is 12.3. The summed E-state index contributed by atoms with van der Waals surface area (Å²) in [5.41, 5.74) is 7.12. The lowest BCUT2D eigenvalue weighted by Crippen LogP contribution is -2.45. The van der Waals surface area contributed by atoms with Crippen LogP contribution in [0.2, 0.25) is 0 Å². The summed E-state index contributed by atoms with van der Waals surface area (Å²) >= 11 is 0. The van der Waals surface area contributed by atoms with Crippen molar-refractivity contribution in [2.45, 2.75) is 13.3 Å². The van der Waals surface area contributed by atoms with Gasteiger partial charge in [-0.15, -0.1) is 0 Å². The number of benzene rings is 2. The highest BCUT2D eigenvalue weighted by Gasteiger charge is 2.35. The fourth-order valence-corrected chi connectivity index (χ4v) is 2.74. The van der Waals surface area contributed by atoms with Crippen LogP contribution in [-0.4, -0.2) is 24.3 Å². The Hall–Kier alpha value is -3.15. The molecular formula is C19H19N3O3. The lowest BCUT2D eigenvalue weighted by Gasteiger charge is -2.17. The first kappa shape index (κ1) is 16.7. The van der Waals surface area contributed by atoms with E-state index < -0.39 is 11.8 Å². The molecule has 6 nitrogen and oxygen atoms in total. The van der Waals surface area contributed by atoms with Gasteiger partial charge in [0.05, 0.1) is 5.92 Å². The topological polar surface area (TPSA) is 78.5 Å². The third-order valence-corrected chi connectivity index (χ3v) is 4.18. The van der Waals surface area contributed by atoms with Gasteiger partial charge in [0.1, 0.15) is 0 Å². The summed E-state index contributed by atoms with van der Waals surface area (Å²) in [4.78, 5) is 38.0. The molecule has 0 radical (unpaired) electrons. The highest BCUT2D eigenvalue weighted by molar-refractivity contribution is 6.01. The second-order valence-corrected chi connectivity index (χ2v) is 6.05. The van der Waals surface area contributed by atoms with Crippen molar-refractivity contribution >= 4 is 23.4 Å². The number of hydrogen-bond acceptors (Lipinski definition) is 3. The van der Waals surface area contributed by atoms with Crippen LogP contribution >= 0.6 is 0 Å². The largest absolute Gasteiger partial charge is 0.312 e. The zero-order valence-electron chi connectivity index (χ0n) is 13.9. The van der Waals surface area contributed by atoms with E-state index in [-0.39, 0.29) is 18.2 Å². The van der Waals surface area contributed by atoms with Gasteiger partial charge in [-0.1, -0.05) is 35.9 Å². The van der Waals surface area contributed by atoms with Gasteiger partial charge in [-0.25, -0.2) is 0 Å². The predicted molar refractivity (Wildman–Crippen MR) is 93.7 cm³/mol. The standard InChI is InChI=1S/C19H19N3O3/c1-13-7-9-16(10-8-13)22-12-15(11-17(22)23)19(25)21-20-18(24)14-5-3-2-4-6-14/h2-10,15H,11-12H2,1H3,(H,20,24)(H,21,25)/t15-/m0/s1. The summed E-state index contributed by atoms with van der Waals surface area (Å²) in [5.74, 6) is -1.36. The summed E-state index contributed by atoms with van der Waals surface area (Å²) < 4.78 is 0. The minimum Gasteiger partial charge on any atom is -0.312 e. The van der Waals surface area contributed by atoms with Crippen LogP contribution in [0.3, 0.4) is 0 Å². The van der Waals surface area contributed by atoms with Crippen molar-refractivity contribution in [3.63, 3.8) is 0 Å². The number of hydrogen-bond donors (Lipinski definition) is 2. The average molecular weight is 337 g/mol. The molecule has 0 bridgehead atoms. The first-order valence-electron chi connectivity index (χ1n) is 8.07. The van der Waals surface area contributed by atoms with Crippen molar-refractivity contribution in [1.82, 2.24) is 10.9 Å². The Balaban J connectivity index is 1.57. The van der Waals surface area contributed by atoms with Crippen LogP contribution in [0.15, 0.2) is 54.6 Å². The molecule has 6 heteroatoms. The first-order chi connectivity index (χ1) is 12.0. The molecule has 128 valence electrons. The Kier molecular flexibility index (Phi) is 4.79. The molecule has 0 aromatic heterocycles. The van der Waals surface area contributed by atoms with Gasteiger partial charge in [-0.05, 0) is 31.2 Å². The normalized spacial score (nSPS) is 16.6. The van der Waals surface area contributed by atoms with E-state index in [9.17, 15) is 14.4 Å². The van der Waals surface area contributed by atoms with E-state index in [0.29, 0.717) is 12.1 Å². The van der Waals surface area contributed by atoms with E-state index in [1.54, 1.807) is 35.2 Å². The third kappa shape index (κ3) is 3.85. The third-order valence-electron chi connectivity index (χ3n) is 4.18. The molecule has 25 heavy (non-hydrogen) atoms. The highest BCUT2D eigenvalue weighted by Crippen LogP contribution is 2.25. The van der Waals surface area contributed by atoms with Crippen LogP contribution in [0.4, 0.5) is 5.69 Å². The van der Waals surface area contributed by atoms with Crippen molar-refractivity contribution in [1.29, 1.82) is 0 Å². The fourth-order valence-electron chi connectivity index (χ4n) is 2.74. The van der Waals surface area contributed by atoms with E-state index in [4.69, 9.17) is 0 Å². The number of rotatable bonds is 3. The van der Waals surface area contributed by atoms with Crippen LogP contribution in [0.1, 0.15) is 22.3 Å². The van der Waals surface area contributed by atoms with Crippen molar-refractivity contribution in [2.24, 2.45) is 5.92 Å². The van der Waals surface area contributed by atoms with Crippen molar-refractivity contribution in [2.75, 3.05) is 11.4 Å². The Bertz CT molecular complexity index is 787. The smallest absolute Gasteiger partial charge is 0.269 e. The second-order valence-electron chi connectivity index (χ2n) is 6.05. The lowest BCUT2D eigenvalue weighted by molar-refractivity contribution is -0.126. The minimum atomic E-state index is -0.495. The Labute approximate surface area is 145 Å². The van der Waals surface area contributed by atoms with Crippen LogP contribution in [0, 0.1) is 12.8 Å². The van der Waals surface area contributed by atoms with Gasteiger partial charge in [-0.3, -0.25) is 25.2 Å². The summed E-state index contributed by atoms with van der Waals surface area (Å²) in [6, 6.07) is 16.2. The van der Waals surface area contributed by atoms with Gasteiger partial charge < -0.3 is 4.90 Å². The van der Waals surface area contributed by atoms with Crippen LogP contribution in [0.5, 0.6) is 0 Å². The quantitative estimate of drug-likeness (QED) is 0.839. The molecule has 2 N–H and O–H groups in total. The Morgan fingerprint density at radius 2 is 1.68 bits per heavy atom. The fraction of sp³-hybridized carbons (Fsp3) is 0.211. The van der Waals surface area contributed by atoms with Gasteiger partial charge in [0.2, 0.25) is 11.8 Å². The lowest BCUT2D eigenvalue weighted by atomic mass is 10.1. The number of nitrogens with zero attached hydrogens (tertiary/aromatic N) is 1. The number of carbonyl (C=O) groups is 3. The molecule has 1 aliphatic rings. The number of nitrogens with one attached hydrogen (secondary N) is 2. The molecule has 0 spiro atoms. The van der Waals surface area contributed by atoms with Crippen molar-refractivity contribution in [3.05, 3.63) is 65.7 Å². The summed E-state index contributed by atoms with van der Waals surface area (Å²) in [6.07, 6.45) is 0.126. The van der Waals surface area contributed by atoms with E-state index in [1.165, 1.54) is 0 Å². The molecule has 2 aromatic rings. The molecular weight excluding hydrogens is 318 g/mol. The molecule has 0 aliphatic carbocycles. The predicted octanol–water partition coefficient (Wildman–Crippen LogP) is 1.81. The molecule has 1 heterocycles. The minimum absolute atomic E-state index is 0.0987. The molecule has 1 atom stereocenters. The number of amides is 3. The molecule has 1 saturated heterocycles. The van der Waals surface area contributed by atoms with Crippen LogP contribution in [-0.2, 0) is 9.59 Å². The zero-order valence-corrected chi connectivity index (χ0v) is 13.9. The molecule has 3 rings (SSSR count). The van der Waals surface area contributed by atoms with Gasteiger partial charge in [0.15, 0.2) is 0 Å². The Morgan fingerprint density at radius 1 is 1.00 bits per heavy atom. The molecule has 1 fully saturated rings. The monoisotopic (exact) mass is 337 g/mol. The van der Waals surface area contributed by atoms with Crippen molar-refractivity contribution < 1.29 is 14.4 Å². The van der Waals surface area contributed by atoms with Gasteiger partial charge >= 0.3 is 0 Å². The van der Waals surface area contributed by atoms with Crippen LogP contribution in [0.25, 0.3) is 0 Å². The number of carbonyl (C=O) groups excluding carboxylic acids is 3. The van der Waals surface area contributed by atoms with E-state index in [1.807, 2.05) is 31.2 Å². The molecule has 3 amide bonds. The van der Waals surface area contributed by atoms with E-state index >= 15 is 0 Å². The average Bonchev–Trinajstić information content (AvgIpc) is 3.02. The van der Waals surface area contributed by atoms with E-state index in [2.05, 4.69) is 10.9 Å². The zero-order chi connectivity index (χ0) is 17.8.